The van der Waals surface area contributed by atoms with Crippen LogP contribution in [0.4, 0.5) is 4.79 Å². The highest BCUT2D eigenvalue weighted by atomic mass is 32.2. The van der Waals surface area contributed by atoms with E-state index < -0.39 is 10.1 Å². The SMILES string of the molecule is CCCCOC(=O)N1CC=CC1CCOS(C)(=O)=O. The van der Waals surface area contributed by atoms with Crippen molar-refractivity contribution >= 4 is 16.2 Å². The summed E-state index contributed by atoms with van der Waals surface area (Å²) in [5.41, 5.74) is 0. The summed E-state index contributed by atoms with van der Waals surface area (Å²) in [6.45, 7) is 3.00. The summed E-state index contributed by atoms with van der Waals surface area (Å²) in [7, 11) is -3.43. The van der Waals surface area contributed by atoms with Gasteiger partial charge in [0.1, 0.15) is 0 Å². The van der Waals surface area contributed by atoms with E-state index in [1.807, 2.05) is 19.1 Å². The lowest BCUT2D eigenvalue weighted by molar-refractivity contribution is 0.0965. The Morgan fingerprint density at radius 3 is 2.79 bits per heavy atom. The van der Waals surface area contributed by atoms with Crippen LogP contribution in [0.15, 0.2) is 12.2 Å². The van der Waals surface area contributed by atoms with Gasteiger partial charge in [-0.1, -0.05) is 25.5 Å². The van der Waals surface area contributed by atoms with Gasteiger partial charge in [-0.2, -0.15) is 8.42 Å². The smallest absolute Gasteiger partial charge is 0.410 e. The van der Waals surface area contributed by atoms with Crippen LogP contribution in [0.2, 0.25) is 0 Å². The van der Waals surface area contributed by atoms with E-state index in [1.54, 1.807) is 4.90 Å². The van der Waals surface area contributed by atoms with Crippen molar-refractivity contribution in [2.24, 2.45) is 0 Å². The van der Waals surface area contributed by atoms with Crippen LogP contribution < -0.4 is 0 Å². The number of hydrogen-bond donors (Lipinski definition) is 0. The van der Waals surface area contributed by atoms with Crippen molar-refractivity contribution in [1.29, 1.82) is 0 Å². The van der Waals surface area contributed by atoms with Crippen molar-refractivity contribution in [2.45, 2.75) is 32.2 Å². The van der Waals surface area contributed by atoms with E-state index in [1.165, 1.54) is 0 Å². The lowest BCUT2D eigenvalue weighted by atomic mass is 10.2. The molecule has 0 saturated carbocycles. The largest absolute Gasteiger partial charge is 0.449 e. The molecule has 0 fully saturated rings. The molecule has 1 rings (SSSR count). The number of amides is 1. The highest BCUT2D eigenvalue weighted by Crippen LogP contribution is 2.15. The molecule has 0 N–H and O–H groups in total. The van der Waals surface area contributed by atoms with E-state index in [4.69, 9.17) is 4.74 Å². The van der Waals surface area contributed by atoms with Gasteiger partial charge in [-0.25, -0.2) is 4.79 Å². The fraction of sp³-hybridized carbons (Fsp3) is 0.750. The number of hydrogen-bond acceptors (Lipinski definition) is 5. The molecule has 1 aliphatic heterocycles. The fourth-order valence-electron chi connectivity index (χ4n) is 1.74. The molecule has 0 aliphatic carbocycles. The molecule has 0 aromatic rings. The van der Waals surface area contributed by atoms with Crippen LogP contribution in [0.5, 0.6) is 0 Å². The molecule has 0 saturated heterocycles. The molecule has 0 spiro atoms. The molecule has 19 heavy (non-hydrogen) atoms. The molecule has 0 radical (unpaired) electrons. The maximum atomic E-state index is 11.8. The molecule has 110 valence electrons. The van der Waals surface area contributed by atoms with E-state index in [0.29, 0.717) is 19.6 Å². The number of carbonyl (C=O) groups is 1. The Morgan fingerprint density at radius 1 is 1.42 bits per heavy atom. The molecule has 1 aliphatic rings. The minimum Gasteiger partial charge on any atom is -0.449 e. The second kappa shape index (κ2) is 7.49. The van der Waals surface area contributed by atoms with Gasteiger partial charge in [0.2, 0.25) is 0 Å². The van der Waals surface area contributed by atoms with Crippen molar-refractivity contribution in [3.63, 3.8) is 0 Å². The summed E-state index contributed by atoms with van der Waals surface area (Å²) in [6.07, 6.45) is 6.63. The highest BCUT2D eigenvalue weighted by Gasteiger charge is 2.25. The zero-order chi connectivity index (χ0) is 14.3. The molecule has 0 bridgehead atoms. The van der Waals surface area contributed by atoms with Crippen LogP contribution in [-0.2, 0) is 19.0 Å². The maximum absolute atomic E-state index is 11.8. The van der Waals surface area contributed by atoms with Crippen molar-refractivity contribution in [3.05, 3.63) is 12.2 Å². The Bertz CT molecular complexity index is 418. The van der Waals surface area contributed by atoms with E-state index in [-0.39, 0.29) is 18.7 Å². The lowest BCUT2D eigenvalue weighted by Gasteiger charge is -2.23. The Kier molecular flexibility index (Phi) is 6.30. The third-order valence-corrected chi connectivity index (χ3v) is 3.32. The average molecular weight is 291 g/mol. The first-order valence-electron chi connectivity index (χ1n) is 6.38. The number of nitrogens with zero attached hydrogens (tertiary/aromatic N) is 1. The van der Waals surface area contributed by atoms with Crippen LogP contribution in [0, 0.1) is 0 Å². The van der Waals surface area contributed by atoms with Crippen LogP contribution in [0.1, 0.15) is 26.2 Å². The predicted octanol–water partition coefficient (Wildman–Crippen LogP) is 1.53. The minimum absolute atomic E-state index is 0.0621. The first kappa shape index (κ1) is 16.0. The van der Waals surface area contributed by atoms with Crippen molar-refractivity contribution in [1.82, 2.24) is 4.90 Å². The van der Waals surface area contributed by atoms with Crippen LogP contribution in [-0.4, -0.2) is 51.5 Å². The maximum Gasteiger partial charge on any atom is 0.410 e. The molecule has 0 aromatic carbocycles. The molecule has 1 atom stereocenters. The Morgan fingerprint density at radius 2 is 2.16 bits per heavy atom. The molecule has 7 heteroatoms. The zero-order valence-electron chi connectivity index (χ0n) is 11.4. The molecule has 6 nitrogen and oxygen atoms in total. The number of ether oxygens (including phenoxy) is 1. The second-order valence-electron chi connectivity index (χ2n) is 4.43. The van der Waals surface area contributed by atoms with Crippen LogP contribution in [0.25, 0.3) is 0 Å². The Hall–Kier alpha value is -1.08. The van der Waals surface area contributed by atoms with Crippen LogP contribution in [0.3, 0.4) is 0 Å². The zero-order valence-corrected chi connectivity index (χ0v) is 12.2. The van der Waals surface area contributed by atoms with E-state index in [0.717, 1.165) is 19.1 Å². The summed E-state index contributed by atoms with van der Waals surface area (Å²) < 4.78 is 31.5. The quantitative estimate of drug-likeness (QED) is 0.404. The van der Waals surface area contributed by atoms with Crippen molar-refractivity contribution < 1.29 is 22.1 Å². The molecular weight excluding hydrogens is 270 g/mol. The van der Waals surface area contributed by atoms with Gasteiger partial charge >= 0.3 is 6.09 Å². The predicted molar refractivity (Wildman–Crippen MR) is 71.3 cm³/mol. The van der Waals surface area contributed by atoms with Crippen molar-refractivity contribution in [2.75, 3.05) is 26.0 Å². The fourth-order valence-corrected chi connectivity index (χ4v) is 2.14. The van der Waals surface area contributed by atoms with Crippen LogP contribution >= 0.6 is 0 Å². The average Bonchev–Trinajstić information content (AvgIpc) is 2.76. The number of unbranched alkanes of at least 4 members (excludes halogenated alkanes) is 1. The molecule has 1 amide bonds. The number of rotatable bonds is 7. The van der Waals surface area contributed by atoms with Crippen molar-refractivity contribution in [3.8, 4) is 0 Å². The molecule has 1 heterocycles. The van der Waals surface area contributed by atoms with Gasteiger partial charge in [0.25, 0.3) is 10.1 Å². The second-order valence-corrected chi connectivity index (χ2v) is 6.07. The Labute approximate surface area is 114 Å². The number of carbonyl (C=O) groups excluding carboxylic acids is 1. The minimum atomic E-state index is -3.43. The molecule has 1 unspecified atom stereocenters. The highest BCUT2D eigenvalue weighted by molar-refractivity contribution is 7.85. The third-order valence-electron chi connectivity index (χ3n) is 2.73. The van der Waals surface area contributed by atoms with E-state index in [2.05, 4.69) is 4.18 Å². The molecular formula is C12H21NO5S. The first-order valence-corrected chi connectivity index (χ1v) is 8.20. The molecule has 0 aromatic heterocycles. The van der Waals surface area contributed by atoms with Gasteiger partial charge in [0, 0.05) is 6.54 Å². The summed E-state index contributed by atoms with van der Waals surface area (Å²) in [6, 6.07) is -0.157. The lowest BCUT2D eigenvalue weighted by Crippen LogP contribution is -2.37. The monoisotopic (exact) mass is 291 g/mol. The third kappa shape index (κ3) is 6.07. The normalized spacial score (nSPS) is 18.8. The first-order chi connectivity index (χ1) is 8.94. The van der Waals surface area contributed by atoms with Gasteiger partial charge in [-0.05, 0) is 12.8 Å². The standard InChI is InChI=1S/C12H21NO5S/c1-3-4-9-17-12(14)13-8-5-6-11(13)7-10-18-19(2,15)16/h5-6,11H,3-4,7-10H2,1-2H3. The van der Waals surface area contributed by atoms with Gasteiger partial charge in [0.15, 0.2) is 0 Å². The summed E-state index contributed by atoms with van der Waals surface area (Å²) >= 11 is 0. The van der Waals surface area contributed by atoms with E-state index in [9.17, 15) is 13.2 Å². The van der Waals surface area contributed by atoms with Gasteiger partial charge in [-0.15, -0.1) is 0 Å². The summed E-state index contributed by atoms with van der Waals surface area (Å²) in [4.78, 5) is 13.4. The summed E-state index contributed by atoms with van der Waals surface area (Å²) in [5.74, 6) is 0. The van der Waals surface area contributed by atoms with Gasteiger partial charge in [-0.3, -0.25) is 9.08 Å². The van der Waals surface area contributed by atoms with Gasteiger partial charge in [0.05, 0.1) is 25.5 Å². The van der Waals surface area contributed by atoms with Gasteiger partial charge < -0.3 is 4.74 Å². The topological polar surface area (TPSA) is 72.9 Å². The van der Waals surface area contributed by atoms with E-state index >= 15 is 0 Å². The summed E-state index contributed by atoms with van der Waals surface area (Å²) in [5, 5.41) is 0. The Balaban J connectivity index is 2.36.